The predicted octanol–water partition coefficient (Wildman–Crippen LogP) is 2.03. The molecule has 1 amide bonds. The molecule has 0 saturated carbocycles. The smallest absolute Gasteiger partial charge is 0.241 e. The lowest BCUT2D eigenvalue weighted by molar-refractivity contribution is -0.117. The second-order valence-electron chi connectivity index (χ2n) is 4.28. The number of anilines is 1. The summed E-state index contributed by atoms with van der Waals surface area (Å²) >= 11 is 1.66. The van der Waals surface area contributed by atoms with Crippen molar-refractivity contribution in [3.05, 3.63) is 23.3 Å². The molecule has 100 valence electrons. The van der Waals surface area contributed by atoms with Crippen molar-refractivity contribution in [2.45, 2.75) is 26.3 Å². The van der Waals surface area contributed by atoms with Crippen LogP contribution in [0.3, 0.4) is 0 Å². The maximum atomic E-state index is 11.8. The topological polar surface area (TPSA) is 75.4 Å². The SMILES string of the molecule is CSCC[C@@H](N)C(=O)Nc1ccc(C)c(O)c1C. The average Bonchev–Trinajstić information content (AvgIpc) is 2.36. The Balaban J connectivity index is 2.73. The van der Waals surface area contributed by atoms with E-state index in [4.69, 9.17) is 5.73 Å². The quantitative estimate of drug-likeness (QED) is 0.764. The van der Waals surface area contributed by atoms with E-state index >= 15 is 0 Å². The minimum absolute atomic E-state index is 0.213. The fraction of sp³-hybridized carbons (Fsp3) is 0.462. The Kier molecular flexibility index (Phi) is 5.50. The van der Waals surface area contributed by atoms with Crippen molar-refractivity contribution in [1.29, 1.82) is 0 Å². The predicted molar refractivity (Wildman–Crippen MR) is 77.2 cm³/mol. The van der Waals surface area contributed by atoms with Gasteiger partial charge in [-0.1, -0.05) is 6.07 Å². The molecule has 4 N–H and O–H groups in total. The lowest BCUT2D eigenvalue weighted by Gasteiger charge is -2.14. The molecule has 0 fully saturated rings. The lowest BCUT2D eigenvalue weighted by Crippen LogP contribution is -2.36. The van der Waals surface area contributed by atoms with Crippen molar-refractivity contribution >= 4 is 23.4 Å². The number of benzene rings is 1. The standard InChI is InChI=1S/C13H20N2O2S/c1-8-4-5-11(9(2)12(8)16)15-13(17)10(14)6-7-18-3/h4-5,10,16H,6-7,14H2,1-3H3,(H,15,17)/t10-/m1/s1. The molecule has 0 aliphatic carbocycles. The first-order valence-electron chi connectivity index (χ1n) is 5.82. The van der Waals surface area contributed by atoms with E-state index in [1.165, 1.54) is 0 Å². The third-order valence-corrected chi connectivity index (χ3v) is 3.50. The number of thioether (sulfide) groups is 1. The summed E-state index contributed by atoms with van der Waals surface area (Å²) in [6, 6.07) is 3.04. The second kappa shape index (κ2) is 6.66. The van der Waals surface area contributed by atoms with Gasteiger partial charge in [0, 0.05) is 11.3 Å². The van der Waals surface area contributed by atoms with E-state index in [1.54, 1.807) is 30.8 Å². The van der Waals surface area contributed by atoms with Gasteiger partial charge >= 0.3 is 0 Å². The van der Waals surface area contributed by atoms with Gasteiger partial charge < -0.3 is 16.2 Å². The van der Waals surface area contributed by atoms with Gasteiger partial charge in [0.1, 0.15) is 5.75 Å². The van der Waals surface area contributed by atoms with Gasteiger partial charge in [-0.05, 0) is 43.9 Å². The zero-order chi connectivity index (χ0) is 13.7. The third kappa shape index (κ3) is 3.65. The van der Waals surface area contributed by atoms with Crippen molar-refractivity contribution in [3.8, 4) is 5.75 Å². The zero-order valence-corrected chi connectivity index (χ0v) is 11.8. The molecule has 0 heterocycles. The first-order chi connectivity index (χ1) is 8.47. The van der Waals surface area contributed by atoms with E-state index in [9.17, 15) is 9.90 Å². The van der Waals surface area contributed by atoms with E-state index in [0.29, 0.717) is 17.7 Å². The Labute approximate surface area is 112 Å². The highest BCUT2D eigenvalue weighted by Gasteiger charge is 2.15. The Hall–Kier alpha value is -1.20. The molecule has 1 atom stereocenters. The van der Waals surface area contributed by atoms with Gasteiger partial charge in [-0.25, -0.2) is 0 Å². The van der Waals surface area contributed by atoms with Crippen LogP contribution in [0.5, 0.6) is 5.75 Å². The maximum Gasteiger partial charge on any atom is 0.241 e. The van der Waals surface area contributed by atoms with Crippen molar-refractivity contribution in [3.63, 3.8) is 0 Å². The molecule has 1 aromatic rings. The minimum atomic E-state index is -0.514. The Morgan fingerprint density at radius 2 is 2.17 bits per heavy atom. The van der Waals surface area contributed by atoms with Crippen molar-refractivity contribution in [2.24, 2.45) is 5.73 Å². The van der Waals surface area contributed by atoms with Gasteiger partial charge in [0.2, 0.25) is 5.91 Å². The van der Waals surface area contributed by atoms with Crippen LogP contribution in [0, 0.1) is 13.8 Å². The average molecular weight is 268 g/mol. The van der Waals surface area contributed by atoms with Crippen LogP contribution >= 0.6 is 11.8 Å². The minimum Gasteiger partial charge on any atom is -0.507 e. The molecule has 0 unspecified atom stereocenters. The number of hydrogen-bond donors (Lipinski definition) is 3. The highest BCUT2D eigenvalue weighted by molar-refractivity contribution is 7.98. The molecule has 4 nitrogen and oxygen atoms in total. The van der Waals surface area contributed by atoms with Gasteiger partial charge in [0.25, 0.3) is 0 Å². The number of rotatable bonds is 5. The van der Waals surface area contributed by atoms with E-state index in [1.807, 2.05) is 13.2 Å². The van der Waals surface area contributed by atoms with Crippen molar-refractivity contribution in [2.75, 3.05) is 17.3 Å². The molecule has 0 bridgehead atoms. The number of phenols is 1. The highest BCUT2D eigenvalue weighted by Crippen LogP contribution is 2.28. The van der Waals surface area contributed by atoms with Gasteiger partial charge in [-0.15, -0.1) is 0 Å². The van der Waals surface area contributed by atoms with Crippen LogP contribution < -0.4 is 11.1 Å². The molecule has 0 aromatic heterocycles. The van der Waals surface area contributed by atoms with Crippen LogP contribution in [0.1, 0.15) is 17.5 Å². The number of amides is 1. The molecular weight excluding hydrogens is 248 g/mol. The summed E-state index contributed by atoms with van der Waals surface area (Å²) in [5.74, 6) is 0.855. The number of nitrogens with one attached hydrogen (secondary N) is 1. The Morgan fingerprint density at radius 3 is 2.78 bits per heavy atom. The largest absolute Gasteiger partial charge is 0.507 e. The monoisotopic (exact) mass is 268 g/mol. The fourth-order valence-electron chi connectivity index (χ4n) is 1.57. The van der Waals surface area contributed by atoms with E-state index in [0.717, 1.165) is 11.3 Å². The van der Waals surface area contributed by atoms with Crippen LogP contribution in [0.25, 0.3) is 0 Å². The van der Waals surface area contributed by atoms with Crippen LogP contribution in [0.15, 0.2) is 12.1 Å². The number of carbonyl (C=O) groups is 1. The summed E-state index contributed by atoms with van der Waals surface area (Å²) in [7, 11) is 0. The zero-order valence-electron chi connectivity index (χ0n) is 11.0. The molecule has 1 rings (SSSR count). The lowest BCUT2D eigenvalue weighted by atomic mass is 10.1. The van der Waals surface area contributed by atoms with Crippen molar-refractivity contribution in [1.82, 2.24) is 0 Å². The second-order valence-corrected chi connectivity index (χ2v) is 5.27. The summed E-state index contributed by atoms with van der Waals surface area (Å²) in [5, 5.41) is 12.5. The van der Waals surface area contributed by atoms with E-state index in [-0.39, 0.29) is 11.7 Å². The Bertz CT molecular complexity index is 435. The number of aromatic hydroxyl groups is 1. The molecule has 18 heavy (non-hydrogen) atoms. The summed E-state index contributed by atoms with van der Waals surface area (Å²) in [6.45, 7) is 3.59. The van der Waals surface area contributed by atoms with Crippen molar-refractivity contribution < 1.29 is 9.90 Å². The fourth-order valence-corrected chi connectivity index (χ4v) is 2.06. The van der Waals surface area contributed by atoms with Crippen LogP contribution in [-0.2, 0) is 4.79 Å². The molecule has 0 aliphatic heterocycles. The summed E-state index contributed by atoms with van der Waals surface area (Å²) in [5.41, 5.74) is 7.85. The maximum absolute atomic E-state index is 11.8. The summed E-state index contributed by atoms with van der Waals surface area (Å²) < 4.78 is 0. The number of phenolic OH excluding ortho intramolecular Hbond substituents is 1. The third-order valence-electron chi connectivity index (χ3n) is 2.86. The number of aryl methyl sites for hydroxylation is 1. The normalized spacial score (nSPS) is 12.2. The molecular formula is C13H20N2O2S. The number of nitrogens with two attached hydrogens (primary N) is 1. The van der Waals surface area contributed by atoms with Gasteiger partial charge in [-0.3, -0.25) is 4.79 Å². The molecule has 0 saturated heterocycles. The number of carbonyl (C=O) groups excluding carboxylic acids is 1. The van der Waals surface area contributed by atoms with Gasteiger partial charge in [-0.2, -0.15) is 11.8 Å². The Morgan fingerprint density at radius 1 is 1.50 bits per heavy atom. The number of hydrogen-bond acceptors (Lipinski definition) is 4. The molecule has 1 aromatic carbocycles. The summed E-state index contributed by atoms with van der Waals surface area (Å²) in [4.78, 5) is 11.8. The first-order valence-corrected chi connectivity index (χ1v) is 7.21. The molecule has 0 aliphatic rings. The van der Waals surface area contributed by atoms with Crippen LogP contribution in [0.4, 0.5) is 5.69 Å². The van der Waals surface area contributed by atoms with E-state index in [2.05, 4.69) is 5.32 Å². The van der Waals surface area contributed by atoms with Crippen LogP contribution in [-0.4, -0.2) is 29.1 Å². The highest BCUT2D eigenvalue weighted by atomic mass is 32.2. The molecule has 0 radical (unpaired) electrons. The van der Waals surface area contributed by atoms with Gasteiger partial charge in [0.05, 0.1) is 6.04 Å². The molecule has 5 heteroatoms. The first kappa shape index (κ1) is 14.9. The van der Waals surface area contributed by atoms with Gasteiger partial charge in [0.15, 0.2) is 0 Å². The molecule has 0 spiro atoms. The van der Waals surface area contributed by atoms with E-state index < -0.39 is 6.04 Å². The van der Waals surface area contributed by atoms with Crippen LogP contribution in [0.2, 0.25) is 0 Å². The summed E-state index contributed by atoms with van der Waals surface area (Å²) in [6.07, 6.45) is 2.62.